The highest BCUT2D eigenvalue weighted by atomic mass is 16.1. The number of rotatable bonds is 3. The summed E-state index contributed by atoms with van der Waals surface area (Å²) in [4.78, 5) is 26.4. The molecule has 0 spiro atoms. The molecule has 1 aliphatic heterocycles. The van der Waals surface area contributed by atoms with Crippen LogP contribution in [-0.2, 0) is 6.42 Å². The van der Waals surface area contributed by atoms with E-state index in [2.05, 4.69) is 43.3 Å². The molecule has 0 aliphatic carbocycles. The fraction of sp³-hybridized carbons (Fsp3) is 0.375. The lowest BCUT2D eigenvalue weighted by Crippen LogP contribution is -2.44. The molecule has 1 fully saturated rings. The van der Waals surface area contributed by atoms with E-state index in [0.717, 1.165) is 48.8 Å². The van der Waals surface area contributed by atoms with Gasteiger partial charge in [0, 0.05) is 38.8 Å². The molecule has 0 unspecified atom stereocenters. The smallest absolute Gasteiger partial charge is 0.362 e. The van der Waals surface area contributed by atoms with Gasteiger partial charge in [0.05, 0.1) is 11.9 Å². The minimum absolute atomic E-state index is 0.123. The zero-order valence-electron chi connectivity index (χ0n) is 14.0. The summed E-state index contributed by atoms with van der Waals surface area (Å²) in [7, 11) is 0. The Morgan fingerprint density at radius 2 is 2.04 bits per heavy atom. The van der Waals surface area contributed by atoms with E-state index in [0.29, 0.717) is 12.1 Å². The van der Waals surface area contributed by atoms with Gasteiger partial charge < -0.3 is 16.0 Å². The van der Waals surface area contributed by atoms with Gasteiger partial charge in [-0.05, 0) is 18.1 Å². The first-order valence-corrected chi connectivity index (χ1v) is 8.25. The third-order valence-electron chi connectivity index (χ3n) is 4.40. The van der Waals surface area contributed by atoms with E-state index in [-0.39, 0.29) is 5.82 Å². The second kappa shape index (κ2) is 6.17. The van der Waals surface area contributed by atoms with Crippen molar-refractivity contribution in [1.29, 1.82) is 0 Å². The summed E-state index contributed by atoms with van der Waals surface area (Å²) in [5, 5.41) is 6.00. The van der Waals surface area contributed by atoms with Crippen molar-refractivity contribution in [3.8, 4) is 0 Å². The number of piperazine rings is 1. The van der Waals surface area contributed by atoms with Gasteiger partial charge in [-0.15, -0.1) is 0 Å². The second-order valence-electron chi connectivity index (χ2n) is 6.22. The predicted molar refractivity (Wildman–Crippen MR) is 94.9 cm³/mol. The van der Waals surface area contributed by atoms with Gasteiger partial charge in [0.2, 0.25) is 0 Å². The summed E-state index contributed by atoms with van der Waals surface area (Å²) in [5.41, 5.74) is 8.74. The fourth-order valence-corrected chi connectivity index (χ4v) is 3.24. The summed E-state index contributed by atoms with van der Waals surface area (Å²) in [6, 6.07) is 2.13. The van der Waals surface area contributed by atoms with Crippen molar-refractivity contribution in [2.75, 3.05) is 36.8 Å². The summed E-state index contributed by atoms with van der Waals surface area (Å²) in [6.45, 7) is 5.97. The molecule has 3 aromatic heterocycles. The Labute approximate surface area is 143 Å². The number of aromatic amines is 1. The van der Waals surface area contributed by atoms with Crippen molar-refractivity contribution >= 4 is 17.3 Å². The summed E-state index contributed by atoms with van der Waals surface area (Å²) in [6.07, 6.45) is 4.17. The molecule has 3 aromatic rings. The van der Waals surface area contributed by atoms with Crippen LogP contribution in [-0.4, -0.2) is 50.7 Å². The molecule has 0 amide bonds. The average molecular weight is 340 g/mol. The Morgan fingerprint density at radius 3 is 2.80 bits per heavy atom. The van der Waals surface area contributed by atoms with Gasteiger partial charge in [0.25, 0.3) is 0 Å². The molecule has 0 bridgehead atoms. The zero-order chi connectivity index (χ0) is 17.4. The monoisotopic (exact) mass is 340 g/mol. The van der Waals surface area contributed by atoms with Crippen LogP contribution in [0.5, 0.6) is 0 Å². The maximum atomic E-state index is 11.6. The van der Waals surface area contributed by atoms with Gasteiger partial charge in [-0.1, -0.05) is 6.07 Å². The quantitative estimate of drug-likeness (QED) is 0.599. The number of nitrogens with zero attached hydrogens (tertiary/aromatic N) is 5. The van der Waals surface area contributed by atoms with Crippen LogP contribution in [0.4, 0.5) is 11.6 Å². The van der Waals surface area contributed by atoms with Crippen molar-refractivity contribution < 1.29 is 0 Å². The van der Waals surface area contributed by atoms with E-state index in [1.165, 1.54) is 0 Å². The molecule has 1 aliphatic rings. The van der Waals surface area contributed by atoms with Crippen LogP contribution >= 0.6 is 0 Å². The molecule has 4 rings (SSSR count). The number of hydrogen-bond acceptors (Lipinski definition) is 7. The molecule has 4 heterocycles. The van der Waals surface area contributed by atoms with Gasteiger partial charge in [-0.25, -0.2) is 24.4 Å². The Morgan fingerprint density at radius 1 is 1.24 bits per heavy atom. The van der Waals surface area contributed by atoms with E-state index in [1.807, 2.05) is 6.20 Å². The number of aromatic nitrogens is 5. The van der Waals surface area contributed by atoms with Crippen LogP contribution < -0.4 is 21.6 Å². The summed E-state index contributed by atoms with van der Waals surface area (Å²) in [5.74, 6) is 1.16. The van der Waals surface area contributed by atoms with Gasteiger partial charge in [-0.2, -0.15) is 4.98 Å². The lowest BCUT2D eigenvalue weighted by atomic mass is 10.1. The van der Waals surface area contributed by atoms with Gasteiger partial charge >= 0.3 is 5.69 Å². The lowest BCUT2D eigenvalue weighted by Gasteiger charge is -2.29. The number of imidazole rings is 1. The molecule has 0 aromatic carbocycles. The third-order valence-corrected chi connectivity index (χ3v) is 4.40. The van der Waals surface area contributed by atoms with E-state index in [9.17, 15) is 4.79 Å². The highest BCUT2D eigenvalue weighted by molar-refractivity contribution is 5.59. The molecule has 9 heteroatoms. The predicted octanol–water partition coefficient (Wildman–Crippen LogP) is -0.296. The second-order valence-corrected chi connectivity index (χ2v) is 6.22. The largest absolute Gasteiger partial charge is 0.380 e. The Bertz CT molecular complexity index is 970. The maximum absolute atomic E-state index is 11.6. The zero-order valence-corrected chi connectivity index (χ0v) is 14.0. The van der Waals surface area contributed by atoms with Gasteiger partial charge in [0.15, 0.2) is 11.5 Å². The van der Waals surface area contributed by atoms with Crippen LogP contribution in [0, 0.1) is 6.92 Å². The Kier molecular flexibility index (Phi) is 3.85. The number of H-pyrrole nitrogens is 1. The van der Waals surface area contributed by atoms with E-state index < -0.39 is 5.69 Å². The van der Waals surface area contributed by atoms with E-state index in [1.54, 1.807) is 10.7 Å². The minimum Gasteiger partial charge on any atom is -0.380 e. The summed E-state index contributed by atoms with van der Waals surface area (Å²) >= 11 is 0. The van der Waals surface area contributed by atoms with E-state index >= 15 is 0 Å². The Balaban J connectivity index is 1.63. The van der Waals surface area contributed by atoms with Crippen molar-refractivity contribution in [3.63, 3.8) is 0 Å². The molecule has 130 valence electrons. The number of nitrogens with two attached hydrogens (primary N) is 1. The number of hydrogen-bond donors (Lipinski definition) is 3. The van der Waals surface area contributed by atoms with Crippen molar-refractivity contribution in [3.05, 3.63) is 45.8 Å². The molecule has 9 nitrogen and oxygen atoms in total. The normalized spacial score (nSPS) is 15.0. The first-order valence-electron chi connectivity index (χ1n) is 8.25. The topological polar surface area (TPSA) is 117 Å². The first kappa shape index (κ1) is 15.6. The minimum atomic E-state index is -0.493. The van der Waals surface area contributed by atoms with Crippen molar-refractivity contribution in [2.24, 2.45) is 0 Å². The van der Waals surface area contributed by atoms with Gasteiger partial charge in [-0.3, -0.25) is 0 Å². The van der Waals surface area contributed by atoms with Crippen LogP contribution in [0.2, 0.25) is 0 Å². The fourth-order valence-electron chi connectivity index (χ4n) is 3.24. The molecule has 0 saturated carbocycles. The van der Waals surface area contributed by atoms with Crippen molar-refractivity contribution in [1.82, 2.24) is 29.9 Å². The molecule has 0 atom stereocenters. The molecule has 25 heavy (non-hydrogen) atoms. The average Bonchev–Trinajstić information content (AvgIpc) is 2.99. The van der Waals surface area contributed by atoms with Crippen LogP contribution in [0.3, 0.4) is 0 Å². The molecule has 4 N–H and O–H groups in total. The van der Waals surface area contributed by atoms with Crippen LogP contribution in [0.1, 0.15) is 16.8 Å². The number of nitrogens with one attached hydrogen (secondary N) is 2. The molecule has 0 radical (unpaired) electrons. The molecule has 1 saturated heterocycles. The number of anilines is 2. The number of fused-ring (bicyclic) bond motifs is 1. The van der Waals surface area contributed by atoms with Gasteiger partial charge in [0.1, 0.15) is 5.82 Å². The Hall–Kier alpha value is -2.94. The highest BCUT2D eigenvalue weighted by Crippen LogP contribution is 2.20. The number of aryl methyl sites for hydroxylation is 1. The summed E-state index contributed by atoms with van der Waals surface area (Å²) < 4.78 is 1.59. The SMILES string of the molecule is Cc1cc(Cc2cnc3c(N)nc(=O)[nH]n23)cnc1N1CCNCC1. The maximum Gasteiger partial charge on any atom is 0.362 e. The molecular weight excluding hydrogens is 320 g/mol. The standard InChI is InChI=1S/C16H20N8O/c1-10-6-11(8-19-14(10)23-4-2-18-3-5-23)7-12-9-20-15-13(17)21-16(25)22-24(12)15/h6,8-9,18H,2-5,7H2,1H3,(H3,17,21,22,25). The number of nitrogen functional groups attached to an aromatic ring is 1. The number of pyridine rings is 1. The highest BCUT2D eigenvalue weighted by Gasteiger charge is 2.15. The van der Waals surface area contributed by atoms with E-state index in [4.69, 9.17) is 5.73 Å². The molecular formula is C16H20N8O. The van der Waals surface area contributed by atoms with Crippen LogP contribution in [0.25, 0.3) is 5.65 Å². The van der Waals surface area contributed by atoms with Crippen molar-refractivity contribution in [2.45, 2.75) is 13.3 Å². The van der Waals surface area contributed by atoms with Crippen LogP contribution in [0.15, 0.2) is 23.3 Å². The first-order chi connectivity index (χ1) is 12.1. The lowest BCUT2D eigenvalue weighted by molar-refractivity contribution is 0.584. The third kappa shape index (κ3) is 2.93.